The van der Waals surface area contributed by atoms with Crippen molar-refractivity contribution >= 4 is 5.96 Å². The van der Waals surface area contributed by atoms with Crippen LogP contribution in [-0.2, 0) is 13.5 Å². The third-order valence-corrected chi connectivity index (χ3v) is 3.13. The van der Waals surface area contributed by atoms with Crippen molar-refractivity contribution in [1.29, 1.82) is 0 Å². The number of hydrogen-bond donors (Lipinski definition) is 2. The summed E-state index contributed by atoms with van der Waals surface area (Å²) in [6, 6.07) is 0. The minimum absolute atomic E-state index is 0.0150. The minimum atomic E-state index is 0.0150. The zero-order chi connectivity index (χ0) is 15.3. The molecule has 0 unspecified atom stereocenters. The van der Waals surface area contributed by atoms with Gasteiger partial charge in [0, 0.05) is 31.4 Å². The zero-order valence-electron chi connectivity index (χ0n) is 14.0. The Morgan fingerprint density at radius 1 is 1.30 bits per heavy atom. The van der Waals surface area contributed by atoms with Crippen molar-refractivity contribution in [1.82, 2.24) is 20.4 Å². The van der Waals surface area contributed by atoms with Crippen molar-refractivity contribution in [2.45, 2.75) is 53.5 Å². The van der Waals surface area contributed by atoms with E-state index >= 15 is 0 Å². The van der Waals surface area contributed by atoms with Gasteiger partial charge in [0.2, 0.25) is 0 Å². The highest BCUT2D eigenvalue weighted by atomic mass is 15.3. The van der Waals surface area contributed by atoms with Gasteiger partial charge in [-0.05, 0) is 53.5 Å². The largest absolute Gasteiger partial charge is 0.357 e. The molecular weight excluding hydrogens is 250 g/mol. The van der Waals surface area contributed by atoms with Crippen LogP contribution in [0.2, 0.25) is 0 Å². The van der Waals surface area contributed by atoms with E-state index in [4.69, 9.17) is 0 Å². The number of aryl methyl sites for hydroxylation is 2. The number of nitrogens with zero attached hydrogens (tertiary/aromatic N) is 3. The summed E-state index contributed by atoms with van der Waals surface area (Å²) >= 11 is 0. The molecule has 20 heavy (non-hydrogen) atoms. The van der Waals surface area contributed by atoms with Crippen LogP contribution in [0.25, 0.3) is 0 Å². The van der Waals surface area contributed by atoms with E-state index in [9.17, 15) is 0 Å². The topological polar surface area (TPSA) is 54.2 Å². The number of guanidine groups is 1. The summed E-state index contributed by atoms with van der Waals surface area (Å²) in [6.07, 6.45) is 0.923. The second-order valence-electron chi connectivity index (χ2n) is 6.16. The van der Waals surface area contributed by atoms with Crippen molar-refractivity contribution in [2.75, 3.05) is 13.1 Å². The maximum absolute atomic E-state index is 4.64. The maximum atomic E-state index is 4.64. The molecule has 0 bridgehead atoms. The second-order valence-corrected chi connectivity index (χ2v) is 6.16. The third kappa shape index (κ3) is 4.87. The molecule has 5 nitrogen and oxygen atoms in total. The number of aromatic nitrogens is 2. The van der Waals surface area contributed by atoms with Crippen LogP contribution in [-0.4, -0.2) is 34.4 Å². The fourth-order valence-electron chi connectivity index (χ4n) is 2.12. The first kappa shape index (κ1) is 16.5. The summed E-state index contributed by atoms with van der Waals surface area (Å²) in [5, 5.41) is 11.1. The summed E-state index contributed by atoms with van der Waals surface area (Å²) in [7, 11) is 1.99. The van der Waals surface area contributed by atoms with Crippen molar-refractivity contribution in [3.8, 4) is 0 Å². The molecule has 2 N–H and O–H groups in total. The Balaban J connectivity index is 2.68. The van der Waals surface area contributed by atoms with Crippen LogP contribution in [0, 0.1) is 13.8 Å². The van der Waals surface area contributed by atoms with Crippen LogP contribution >= 0.6 is 0 Å². The average molecular weight is 279 g/mol. The first-order valence-corrected chi connectivity index (χ1v) is 7.30. The van der Waals surface area contributed by atoms with E-state index in [1.807, 2.05) is 11.7 Å². The van der Waals surface area contributed by atoms with Crippen LogP contribution < -0.4 is 10.6 Å². The van der Waals surface area contributed by atoms with Gasteiger partial charge in [-0.2, -0.15) is 5.10 Å². The summed E-state index contributed by atoms with van der Waals surface area (Å²) in [6.45, 7) is 14.3. The van der Waals surface area contributed by atoms with Gasteiger partial charge in [-0.15, -0.1) is 0 Å². The van der Waals surface area contributed by atoms with Crippen molar-refractivity contribution in [2.24, 2.45) is 12.0 Å². The molecule has 0 saturated carbocycles. The SMILES string of the molecule is CCNC(=NCCc1c(C)nn(C)c1C)NC(C)(C)C. The van der Waals surface area contributed by atoms with Gasteiger partial charge >= 0.3 is 0 Å². The Kier molecular flexibility index (Phi) is 5.60. The van der Waals surface area contributed by atoms with E-state index in [-0.39, 0.29) is 5.54 Å². The lowest BCUT2D eigenvalue weighted by atomic mass is 10.1. The van der Waals surface area contributed by atoms with Crippen molar-refractivity contribution in [3.63, 3.8) is 0 Å². The molecule has 1 aromatic rings. The summed E-state index contributed by atoms with van der Waals surface area (Å²) in [4.78, 5) is 4.64. The van der Waals surface area contributed by atoms with Crippen LogP contribution in [0.3, 0.4) is 0 Å². The summed E-state index contributed by atoms with van der Waals surface area (Å²) in [5.74, 6) is 0.874. The molecule has 5 heteroatoms. The molecule has 1 aromatic heterocycles. The molecule has 0 fully saturated rings. The predicted octanol–water partition coefficient (Wildman–Crippen LogP) is 1.93. The molecule has 0 spiro atoms. The van der Waals surface area contributed by atoms with Gasteiger partial charge in [-0.3, -0.25) is 9.67 Å². The van der Waals surface area contributed by atoms with E-state index in [1.54, 1.807) is 0 Å². The molecule has 0 aliphatic heterocycles. The van der Waals surface area contributed by atoms with Gasteiger partial charge in [0.1, 0.15) is 0 Å². The van der Waals surface area contributed by atoms with Gasteiger partial charge in [0.15, 0.2) is 5.96 Å². The van der Waals surface area contributed by atoms with Gasteiger partial charge in [0.05, 0.1) is 5.69 Å². The van der Waals surface area contributed by atoms with E-state index in [2.05, 4.69) is 62.3 Å². The molecule has 0 aliphatic rings. The average Bonchev–Trinajstić information content (AvgIpc) is 2.53. The molecule has 0 aliphatic carbocycles. The first-order chi connectivity index (χ1) is 9.24. The molecular formula is C15H29N5. The first-order valence-electron chi connectivity index (χ1n) is 7.30. The van der Waals surface area contributed by atoms with E-state index in [0.717, 1.165) is 31.2 Å². The van der Waals surface area contributed by atoms with Crippen LogP contribution in [0.15, 0.2) is 4.99 Å². The maximum Gasteiger partial charge on any atom is 0.191 e. The Bertz CT molecular complexity index is 465. The number of aliphatic imine (C=N–C) groups is 1. The molecule has 0 aromatic carbocycles. The van der Waals surface area contributed by atoms with E-state index in [1.165, 1.54) is 11.3 Å². The van der Waals surface area contributed by atoms with Crippen LogP contribution in [0.1, 0.15) is 44.6 Å². The lowest BCUT2D eigenvalue weighted by Gasteiger charge is -2.23. The molecule has 1 heterocycles. The van der Waals surface area contributed by atoms with Crippen molar-refractivity contribution < 1.29 is 0 Å². The fourth-order valence-corrected chi connectivity index (χ4v) is 2.12. The van der Waals surface area contributed by atoms with Crippen molar-refractivity contribution in [3.05, 3.63) is 17.0 Å². The van der Waals surface area contributed by atoms with Gasteiger partial charge in [-0.1, -0.05) is 0 Å². The second kappa shape index (κ2) is 6.77. The van der Waals surface area contributed by atoms with Gasteiger partial charge in [-0.25, -0.2) is 0 Å². The molecule has 0 radical (unpaired) electrons. The smallest absolute Gasteiger partial charge is 0.191 e. The van der Waals surface area contributed by atoms with Crippen LogP contribution in [0.4, 0.5) is 0 Å². The van der Waals surface area contributed by atoms with Crippen LogP contribution in [0.5, 0.6) is 0 Å². The van der Waals surface area contributed by atoms with Gasteiger partial charge in [0.25, 0.3) is 0 Å². The number of nitrogens with one attached hydrogen (secondary N) is 2. The predicted molar refractivity (Wildman–Crippen MR) is 85.3 cm³/mol. The molecule has 0 amide bonds. The highest BCUT2D eigenvalue weighted by molar-refractivity contribution is 5.80. The number of rotatable bonds is 4. The Hall–Kier alpha value is -1.52. The van der Waals surface area contributed by atoms with E-state index < -0.39 is 0 Å². The number of hydrogen-bond acceptors (Lipinski definition) is 2. The van der Waals surface area contributed by atoms with Gasteiger partial charge < -0.3 is 10.6 Å². The summed E-state index contributed by atoms with van der Waals surface area (Å²) in [5.41, 5.74) is 3.66. The molecule has 0 saturated heterocycles. The minimum Gasteiger partial charge on any atom is -0.357 e. The normalized spacial score (nSPS) is 12.7. The zero-order valence-corrected chi connectivity index (χ0v) is 14.0. The monoisotopic (exact) mass is 279 g/mol. The third-order valence-electron chi connectivity index (χ3n) is 3.13. The Labute approximate surface area is 122 Å². The fraction of sp³-hybridized carbons (Fsp3) is 0.733. The Morgan fingerprint density at radius 2 is 1.95 bits per heavy atom. The lowest BCUT2D eigenvalue weighted by Crippen LogP contribution is -2.47. The highest BCUT2D eigenvalue weighted by Gasteiger charge is 2.12. The van der Waals surface area contributed by atoms with E-state index in [0.29, 0.717) is 0 Å². The standard InChI is InChI=1S/C15H29N5/c1-8-16-14(18-15(4,5)6)17-10-9-13-11(2)19-20(7)12(13)3/h8-10H2,1-7H3,(H2,16,17,18). The highest BCUT2D eigenvalue weighted by Crippen LogP contribution is 2.12. The quantitative estimate of drug-likeness (QED) is 0.654. The molecule has 114 valence electrons. The summed E-state index contributed by atoms with van der Waals surface area (Å²) < 4.78 is 1.94. The molecule has 1 rings (SSSR count). The Morgan fingerprint density at radius 3 is 2.40 bits per heavy atom. The lowest BCUT2D eigenvalue weighted by molar-refractivity contribution is 0.501. The molecule has 0 atom stereocenters.